The second kappa shape index (κ2) is 8.95. The third-order valence-electron chi connectivity index (χ3n) is 5.00. The molecular weight excluding hydrogens is 459 g/mol. The van der Waals surface area contributed by atoms with Crippen molar-refractivity contribution in [2.75, 3.05) is 13.1 Å². The van der Waals surface area contributed by atoms with Gasteiger partial charge in [-0.05, 0) is 28.1 Å². The number of rotatable bonds is 5. The average molecular weight is 479 g/mol. The summed E-state index contributed by atoms with van der Waals surface area (Å²) in [6, 6.07) is 8.56. The first-order chi connectivity index (χ1) is 14.5. The van der Waals surface area contributed by atoms with E-state index in [1.807, 2.05) is 30.3 Å². The molecule has 30 heavy (non-hydrogen) atoms. The van der Waals surface area contributed by atoms with Gasteiger partial charge >= 0.3 is 6.09 Å². The van der Waals surface area contributed by atoms with Gasteiger partial charge in [0.25, 0.3) is 0 Å². The van der Waals surface area contributed by atoms with Gasteiger partial charge in [0.1, 0.15) is 23.4 Å². The Hall–Kier alpha value is -2.75. The molecular formula is C20H20BrFN4O4. The summed E-state index contributed by atoms with van der Waals surface area (Å²) in [6.07, 6.45) is -0.190. The first kappa shape index (κ1) is 20.5. The highest BCUT2D eigenvalue weighted by Crippen LogP contribution is 2.23. The number of nitrogens with one attached hydrogen (secondary N) is 1. The molecule has 2 aliphatic heterocycles. The van der Waals surface area contributed by atoms with Crippen molar-refractivity contribution in [3.05, 3.63) is 42.1 Å². The number of benzene rings is 1. The van der Waals surface area contributed by atoms with Crippen LogP contribution < -0.4 is 5.32 Å². The highest BCUT2D eigenvalue weighted by atomic mass is 79.9. The second-order valence-electron chi connectivity index (χ2n) is 7.24. The van der Waals surface area contributed by atoms with E-state index in [0.717, 1.165) is 15.8 Å². The minimum Gasteiger partial charge on any atom is -0.444 e. The molecule has 2 aromatic rings. The van der Waals surface area contributed by atoms with E-state index in [1.165, 1.54) is 0 Å². The maximum Gasteiger partial charge on any atom is 0.410 e. The van der Waals surface area contributed by atoms with Crippen molar-refractivity contribution in [3.8, 4) is 0 Å². The van der Waals surface area contributed by atoms with E-state index in [9.17, 15) is 14.0 Å². The number of likely N-dealkylation sites (tertiary alicyclic amines) is 1. The number of amides is 2. The second-order valence-corrected chi connectivity index (χ2v) is 8.15. The molecule has 0 saturated carbocycles. The Morgan fingerprint density at radius 3 is 3.00 bits per heavy atom. The van der Waals surface area contributed by atoms with Crippen molar-refractivity contribution >= 4 is 43.5 Å². The van der Waals surface area contributed by atoms with Crippen LogP contribution in [0.4, 0.5) is 9.18 Å². The summed E-state index contributed by atoms with van der Waals surface area (Å²) in [4.78, 5) is 35.7. The van der Waals surface area contributed by atoms with E-state index < -0.39 is 24.2 Å². The van der Waals surface area contributed by atoms with Crippen molar-refractivity contribution in [1.29, 1.82) is 0 Å². The molecule has 1 aromatic carbocycles. The molecule has 1 aromatic heterocycles. The van der Waals surface area contributed by atoms with E-state index in [4.69, 9.17) is 9.57 Å². The van der Waals surface area contributed by atoms with E-state index in [-0.39, 0.29) is 32.2 Å². The number of pyridine rings is 1. The Balaban J connectivity index is 1.33. The maximum absolute atomic E-state index is 14.0. The Morgan fingerprint density at radius 2 is 2.20 bits per heavy atom. The first-order valence-electron chi connectivity index (χ1n) is 9.56. The molecule has 0 bridgehead atoms. The minimum atomic E-state index is -1.28. The van der Waals surface area contributed by atoms with Gasteiger partial charge in [0.05, 0.1) is 18.6 Å². The van der Waals surface area contributed by atoms with Crippen LogP contribution in [0.25, 0.3) is 10.9 Å². The first-order valence-corrected chi connectivity index (χ1v) is 10.4. The zero-order chi connectivity index (χ0) is 21.1. The standard InChI is InChI=1S/C20H20BrFN4O4/c21-18-7-15(30-25-18)9-24-19(27)17-6-14(22)10-26(17)20(28)29-11-12-5-13-3-1-2-4-16(13)23-8-12/h1-5,8,14-15,17H,6-7,9-11H2,(H,24,27)/t14-,15-,17-/m0/s1. The summed E-state index contributed by atoms with van der Waals surface area (Å²) in [5.74, 6) is -0.439. The zero-order valence-electron chi connectivity index (χ0n) is 16.0. The third kappa shape index (κ3) is 4.69. The van der Waals surface area contributed by atoms with Crippen LogP contribution in [-0.2, 0) is 21.0 Å². The lowest BCUT2D eigenvalue weighted by molar-refractivity contribution is -0.125. The van der Waals surface area contributed by atoms with Gasteiger partial charge in [0.15, 0.2) is 6.10 Å². The number of hydrogen-bond donors (Lipinski definition) is 1. The van der Waals surface area contributed by atoms with Crippen LogP contribution in [0.3, 0.4) is 0 Å². The number of aromatic nitrogens is 1. The van der Waals surface area contributed by atoms with Crippen molar-refractivity contribution in [3.63, 3.8) is 0 Å². The molecule has 2 amide bonds. The molecule has 3 heterocycles. The smallest absolute Gasteiger partial charge is 0.410 e. The van der Waals surface area contributed by atoms with Crippen LogP contribution in [-0.4, -0.2) is 57.9 Å². The van der Waals surface area contributed by atoms with Gasteiger partial charge in [-0.2, -0.15) is 0 Å². The monoisotopic (exact) mass is 478 g/mol. The lowest BCUT2D eigenvalue weighted by atomic mass is 10.2. The number of fused-ring (bicyclic) bond motifs is 1. The van der Waals surface area contributed by atoms with Crippen LogP contribution in [0.15, 0.2) is 41.7 Å². The lowest BCUT2D eigenvalue weighted by Crippen LogP contribution is -2.47. The summed E-state index contributed by atoms with van der Waals surface area (Å²) >= 11 is 3.23. The summed E-state index contributed by atoms with van der Waals surface area (Å²) < 4.78 is 20.0. The number of ether oxygens (including phenoxy) is 1. The van der Waals surface area contributed by atoms with Gasteiger partial charge < -0.3 is 14.9 Å². The maximum atomic E-state index is 14.0. The largest absolute Gasteiger partial charge is 0.444 e. The Labute approximate surface area is 180 Å². The Morgan fingerprint density at radius 1 is 1.37 bits per heavy atom. The van der Waals surface area contributed by atoms with Crippen LogP contribution in [0.1, 0.15) is 18.4 Å². The average Bonchev–Trinajstić information content (AvgIpc) is 3.35. The van der Waals surface area contributed by atoms with Crippen LogP contribution in [0.2, 0.25) is 0 Å². The van der Waals surface area contributed by atoms with Gasteiger partial charge in [-0.1, -0.05) is 23.4 Å². The van der Waals surface area contributed by atoms with E-state index in [2.05, 4.69) is 31.4 Å². The molecule has 3 atom stereocenters. The molecule has 1 N–H and O–H groups in total. The number of alkyl halides is 1. The molecule has 0 unspecified atom stereocenters. The van der Waals surface area contributed by atoms with E-state index >= 15 is 0 Å². The molecule has 158 valence electrons. The van der Waals surface area contributed by atoms with Crippen molar-refractivity contribution in [1.82, 2.24) is 15.2 Å². The van der Waals surface area contributed by atoms with Gasteiger partial charge in [-0.15, -0.1) is 0 Å². The molecule has 8 nitrogen and oxygen atoms in total. The normalized spacial score (nSPS) is 23.2. The van der Waals surface area contributed by atoms with Crippen molar-refractivity contribution < 1.29 is 23.6 Å². The predicted molar refractivity (Wildman–Crippen MR) is 111 cm³/mol. The fraction of sp³-hybridized carbons (Fsp3) is 0.400. The van der Waals surface area contributed by atoms with Crippen LogP contribution in [0, 0.1) is 0 Å². The predicted octanol–water partition coefficient (Wildman–Crippen LogP) is 2.90. The van der Waals surface area contributed by atoms with Crippen molar-refractivity contribution in [2.24, 2.45) is 5.16 Å². The number of para-hydroxylation sites is 1. The SMILES string of the molecule is O=C(NC[C@@H]1CC(Br)=NO1)[C@@H]1C[C@H](F)CN1C(=O)OCc1cnc2ccccc2c1. The summed E-state index contributed by atoms with van der Waals surface area (Å²) in [6.45, 7) is 0.0255. The zero-order valence-corrected chi connectivity index (χ0v) is 17.5. The minimum absolute atomic E-state index is 0.0141. The quantitative estimate of drug-likeness (QED) is 0.712. The van der Waals surface area contributed by atoms with Gasteiger partial charge in [0.2, 0.25) is 5.91 Å². The molecule has 0 aliphatic carbocycles. The Kier molecular flexibility index (Phi) is 6.12. The lowest BCUT2D eigenvalue weighted by Gasteiger charge is -2.23. The van der Waals surface area contributed by atoms with Gasteiger partial charge in [-0.25, -0.2) is 9.18 Å². The van der Waals surface area contributed by atoms with Crippen LogP contribution in [0.5, 0.6) is 0 Å². The van der Waals surface area contributed by atoms with Crippen molar-refractivity contribution in [2.45, 2.75) is 37.8 Å². The van der Waals surface area contributed by atoms with E-state index in [0.29, 0.717) is 16.6 Å². The molecule has 0 spiro atoms. The number of halogens is 2. The summed E-state index contributed by atoms with van der Waals surface area (Å²) in [5.41, 5.74) is 1.55. The molecule has 2 aliphatic rings. The summed E-state index contributed by atoms with van der Waals surface area (Å²) in [7, 11) is 0. The van der Waals surface area contributed by atoms with E-state index in [1.54, 1.807) is 6.20 Å². The molecule has 1 fully saturated rings. The molecule has 0 radical (unpaired) electrons. The molecule has 4 rings (SSSR count). The number of hydrogen-bond acceptors (Lipinski definition) is 6. The fourth-order valence-corrected chi connectivity index (χ4v) is 3.94. The number of carbonyl (C=O) groups excluding carboxylic acids is 2. The van der Waals surface area contributed by atoms with Gasteiger partial charge in [0, 0.05) is 30.0 Å². The van der Waals surface area contributed by atoms with Gasteiger partial charge in [-0.3, -0.25) is 14.7 Å². The molecule has 10 heteroatoms. The molecule has 1 saturated heterocycles. The number of nitrogens with zero attached hydrogens (tertiary/aromatic N) is 3. The highest BCUT2D eigenvalue weighted by molar-refractivity contribution is 9.18. The summed E-state index contributed by atoms with van der Waals surface area (Å²) in [5, 5.41) is 7.38. The Bertz CT molecular complexity index is 988. The fourth-order valence-electron chi connectivity index (χ4n) is 3.49. The van der Waals surface area contributed by atoms with Crippen LogP contribution >= 0.6 is 15.9 Å². The number of carbonyl (C=O) groups is 2. The topological polar surface area (TPSA) is 93.1 Å². The third-order valence-corrected chi connectivity index (χ3v) is 5.47. The number of oxime groups is 1. The highest BCUT2D eigenvalue weighted by Gasteiger charge is 2.41.